The van der Waals surface area contributed by atoms with Gasteiger partial charge in [-0.1, -0.05) is 20.3 Å². The van der Waals surface area contributed by atoms with E-state index in [1.165, 1.54) is 19.5 Å². The number of hydrogen-bond acceptors (Lipinski definition) is 2. The summed E-state index contributed by atoms with van der Waals surface area (Å²) in [6.07, 6.45) is 4.35. The molecule has 1 heterocycles. The molecule has 78 valence electrons. The monoisotopic (exact) mass is 185 g/mol. The number of aliphatic hydroxyl groups is 1. The lowest BCUT2D eigenvalue weighted by Crippen LogP contribution is -2.29. The molecule has 0 aromatic rings. The predicted molar refractivity (Wildman–Crippen MR) is 55.8 cm³/mol. The van der Waals surface area contributed by atoms with Crippen molar-refractivity contribution in [1.82, 2.24) is 4.90 Å². The third-order valence-corrected chi connectivity index (χ3v) is 3.06. The largest absolute Gasteiger partial charge is 0.393 e. The van der Waals surface area contributed by atoms with Gasteiger partial charge in [-0.05, 0) is 31.7 Å². The van der Waals surface area contributed by atoms with E-state index in [0.29, 0.717) is 0 Å². The molecule has 1 N–H and O–H groups in total. The Balaban J connectivity index is 2.25. The van der Waals surface area contributed by atoms with Gasteiger partial charge in [0.15, 0.2) is 0 Å². The SMILES string of the molecule is CCC(C)CN1CCCC(O)CC1. The van der Waals surface area contributed by atoms with Gasteiger partial charge in [0.25, 0.3) is 0 Å². The molecule has 0 aliphatic carbocycles. The number of likely N-dealkylation sites (tertiary alicyclic amines) is 1. The zero-order valence-electron chi connectivity index (χ0n) is 9.00. The van der Waals surface area contributed by atoms with E-state index in [0.717, 1.165) is 31.7 Å². The first kappa shape index (κ1) is 11.0. The summed E-state index contributed by atoms with van der Waals surface area (Å²) in [6, 6.07) is 0. The van der Waals surface area contributed by atoms with Crippen molar-refractivity contribution in [3.63, 3.8) is 0 Å². The maximum absolute atomic E-state index is 9.47. The number of aliphatic hydroxyl groups excluding tert-OH is 1. The zero-order valence-corrected chi connectivity index (χ0v) is 9.00. The maximum atomic E-state index is 9.47. The first-order valence-corrected chi connectivity index (χ1v) is 5.62. The second-order valence-corrected chi connectivity index (χ2v) is 4.40. The lowest BCUT2D eigenvalue weighted by Gasteiger charge is -2.23. The van der Waals surface area contributed by atoms with Crippen LogP contribution in [-0.2, 0) is 0 Å². The molecule has 13 heavy (non-hydrogen) atoms. The summed E-state index contributed by atoms with van der Waals surface area (Å²) in [4.78, 5) is 2.50. The molecule has 0 bridgehead atoms. The van der Waals surface area contributed by atoms with Gasteiger partial charge in [0, 0.05) is 13.1 Å². The van der Waals surface area contributed by atoms with Crippen LogP contribution in [0.2, 0.25) is 0 Å². The highest BCUT2D eigenvalue weighted by molar-refractivity contribution is 4.70. The van der Waals surface area contributed by atoms with Crippen LogP contribution in [0.1, 0.15) is 39.5 Å². The summed E-state index contributed by atoms with van der Waals surface area (Å²) in [6.45, 7) is 8.04. The Labute approximate surface area is 81.9 Å². The third-order valence-electron chi connectivity index (χ3n) is 3.06. The Morgan fingerprint density at radius 3 is 2.85 bits per heavy atom. The average molecular weight is 185 g/mol. The van der Waals surface area contributed by atoms with E-state index in [1.807, 2.05) is 0 Å². The van der Waals surface area contributed by atoms with Crippen LogP contribution in [0.25, 0.3) is 0 Å². The molecule has 1 fully saturated rings. The highest BCUT2D eigenvalue weighted by atomic mass is 16.3. The molecule has 0 aromatic carbocycles. The number of rotatable bonds is 3. The zero-order chi connectivity index (χ0) is 9.68. The van der Waals surface area contributed by atoms with Crippen molar-refractivity contribution in [2.45, 2.75) is 45.6 Å². The minimum Gasteiger partial charge on any atom is -0.393 e. The molecule has 1 aliphatic rings. The van der Waals surface area contributed by atoms with E-state index in [2.05, 4.69) is 18.7 Å². The lowest BCUT2D eigenvalue weighted by molar-refractivity contribution is 0.153. The van der Waals surface area contributed by atoms with Crippen molar-refractivity contribution >= 4 is 0 Å². The van der Waals surface area contributed by atoms with Crippen molar-refractivity contribution in [3.8, 4) is 0 Å². The van der Waals surface area contributed by atoms with E-state index in [-0.39, 0.29) is 6.10 Å². The predicted octanol–water partition coefficient (Wildman–Crippen LogP) is 1.88. The minimum atomic E-state index is -0.0399. The molecule has 0 radical (unpaired) electrons. The third kappa shape index (κ3) is 4.10. The summed E-state index contributed by atoms with van der Waals surface area (Å²) in [5.74, 6) is 0.801. The Morgan fingerprint density at radius 1 is 1.38 bits per heavy atom. The summed E-state index contributed by atoms with van der Waals surface area (Å²) in [5, 5.41) is 9.47. The van der Waals surface area contributed by atoms with Crippen LogP contribution < -0.4 is 0 Å². The van der Waals surface area contributed by atoms with Gasteiger partial charge in [0.05, 0.1) is 6.10 Å². The lowest BCUT2D eigenvalue weighted by atomic mass is 10.1. The molecule has 2 unspecified atom stereocenters. The molecule has 0 spiro atoms. The molecule has 1 saturated heterocycles. The second kappa shape index (κ2) is 5.61. The normalized spacial score (nSPS) is 28.4. The van der Waals surface area contributed by atoms with Gasteiger partial charge in [-0.25, -0.2) is 0 Å². The molecule has 0 amide bonds. The number of hydrogen-bond donors (Lipinski definition) is 1. The van der Waals surface area contributed by atoms with Crippen molar-refractivity contribution in [2.75, 3.05) is 19.6 Å². The number of nitrogens with zero attached hydrogens (tertiary/aromatic N) is 1. The van der Waals surface area contributed by atoms with Crippen molar-refractivity contribution in [3.05, 3.63) is 0 Å². The maximum Gasteiger partial charge on any atom is 0.0553 e. The average Bonchev–Trinajstić information content (AvgIpc) is 2.31. The molecular weight excluding hydrogens is 162 g/mol. The molecule has 1 rings (SSSR count). The van der Waals surface area contributed by atoms with Crippen molar-refractivity contribution in [1.29, 1.82) is 0 Å². The standard InChI is InChI=1S/C11H23NO/c1-3-10(2)9-12-7-4-5-11(13)6-8-12/h10-11,13H,3-9H2,1-2H3. The van der Waals surface area contributed by atoms with Crippen LogP contribution in [0.4, 0.5) is 0 Å². The van der Waals surface area contributed by atoms with Crippen LogP contribution in [0.3, 0.4) is 0 Å². The van der Waals surface area contributed by atoms with E-state index in [4.69, 9.17) is 0 Å². The van der Waals surface area contributed by atoms with Crippen molar-refractivity contribution in [2.24, 2.45) is 5.92 Å². The first-order chi connectivity index (χ1) is 6.22. The van der Waals surface area contributed by atoms with Gasteiger partial charge < -0.3 is 10.0 Å². The highest BCUT2D eigenvalue weighted by Gasteiger charge is 2.15. The minimum absolute atomic E-state index is 0.0399. The molecule has 2 atom stereocenters. The Kier molecular flexibility index (Phi) is 4.74. The fourth-order valence-corrected chi connectivity index (χ4v) is 1.89. The van der Waals surface area contributed by atoms with Crippen molar-refractivity contribution < 1.29 is 5.11 Å². The van der Waals surface area contributed by atoms with E-state index < -0.39 is 0 Å². The molecule has 2 nitrogen and oxygen atoms in total. The molecule has 0 saturated carbocycles. The fourth-order valence-electron chi connectivity index (χ4n) is 1.89. The molecule has 2 heteroatoms. The van der Waals surface area contributed by atoms with Crippen LogP contribution in [0, 0.1) is 5.92 Å². The van der Waals surface area contributed by atoms with Gasteiger partial charge >= 0.3 is 0 Å². The van der Waals surface area contributed by atoms with E-state index >= 15 is 0 Å². The summed E-state index contributed by atoms with van der Waals surface area (Å²) >= 11 is 0. The summed E-state index contributed by atoms with van der Waals surface area (Å²) in [7, 11) is 0. The molecular formula is C11H23NO. The van der Waals surface area contributed by atoms with Gasteiger partial charge in [-0.15, -0.1) is 0 Å². The Hall–Kier alpha value is -0.0800. The van der Waals surface area contributed by atoms with Gasteiger partial charge in [-0.3, -0.25) is 0 Å². The first-order valence-electron chi connectivity index (χ1n) is 5.62. The van der Waals surface area contributed by atoms with E-state index in [9.17, 15) is 5.11 Å². The van der Waals surface area contributed by atoms with Gasteiger partial charge in [-0.2, -0.15) is 0 Å². The smallest absolute Gasteiger partial charge is 0.0553 e. The highest BCUT2D eigenvalue weighted by Crippen LogP contribution is 2.13. The Morgan fingerprint density at radius 2 is 2.15 bits per heavy atom. The van der Waals surface area contributed by atoms with Crippen LogP contribution in [0.15, 0.2) is 0 Å². The second-order valence-electron chi connectivity index (χ2n) is 4.40. The summed E-state index contributed by atoms with van der Waals surface area (Å²) < 4.78 is 0. The van der Waals surface area contributed by atoms with E-state index in [1.54, 1.807) is 0 Å². The molecule has 1 aliphatic heterocycles. The van der Waals surface area contributed by atoms with Crippen LogP contribution in [-0.4, -0.2) is 35.7 Å². The van der Waals surface area contributed by atoms with Crippen LogP contribution >= 0.6 is 0 Å². The fraction of sp³-hybridized carbons (Fsp3) is 1.00. The van der Waals surface area contributed by atoms with Crippen LogP contribution in [0.5, 0.6) is 0 Å². The quantitative estimate of drug-likeness (QED) is 0.725. The summed E-state index contributed by atoms with van der Waals surface area (Å²) in [5.41, 5.74) is 0. The Bertz CT molecular complexity index is 138. The van der Waals surface area contributed by atoms with Gasteiger partial charge in [0.2, 0.25) is 0 Å². The molecule has 0 aromatic heterocycles. The van der Waals surface area contributed by atoms with Gasteiger partial charge in [0.1, 0.15) is 0 Å². The topological polar surface area (TPSA) is 23.5 Å².